The molecule has 0 aliphatic carbocycles. The lowest BCUT2D eigenvalue weighted by atomic mass is 10.3. The summed E-state index contributed by atoms with van der Waals surface area (Å²) >= 11 is 0. The highest BCUT2D eigenvalue weighted by molar-refractivity contribution is 7.89. The molecule has 22 heavy (non-hydrogen) atoms. The molecule has 0 radical (unpaired) electrons. The van der Waals surface area contributed by atoms with E-state index in [2.05, 4.69) is 10.0 Å². The molecule has 0 saturated heterocycles. The topological polar surface area (TPSA) is 93.7 Å². The van der Waals surface area contributed by atoms with Crippen LogP contribution in [0, 0.1) is 0 Å². The van der Waals surface area contributed by atoms with Gasteiger partial charge in [0, 0.05) is 20.3 Å². The van der Waals surface area contributed by atoms with E-state index in [1.165, 1.54) is 12.1 Å². The van der Waals surface area contributed by atoms with Crippen LogP contribution in [0.1, 0.15) is 13.3 Å². The van der Waals surface area contributed by atoms with Gasteiger partial charge in [-0.25, -0.2) is 13.1 Å². The molecule has 1 rings (SSSR count). The van der Waals surface area contributed by atoms with Crippen molar-refractivity contribution in [2.24, 2.45) is 0 Å². The van der Waals surface area contributed by atoms with E-state index in [1.54, 1.807) is 19.2 Å². The van der Waals surface area contributed by atoms with E-state index in [1.807, 2.05) is 6.92 Å². The van der Waals surface area contributed by atoms with Crippen LogP contribution in [0.4, 0.5) is 0 Å². The summed E-state index contributed by atoms with van der Waals surface area (Å²) in [4.78, 5) is 11.6. The minimum atomic E-state index is -3.71. The third kappa shape index (κ3) is 6.42. The van der Waals surface area contributed by atoms with Crippen molar-refractivity contribution in [1.29, 1.82) is 0 Å². The smallest absolute Gasteiger partial charge is 0.241 e. The molecule has 0 aliphatic heterocycles. The first kappa shape index (κ1) is 18.4. The fourth-order valence-electron chi connectivity index (χ4n) is 1.63. The van der Waals surface area contributed by atoms with Gasteiger partial charge in [0.2, 0.25) is 15.9 Å². The normalized spacial score (nSPS) is 11.2. The second-order valence-corrected chi connectivity index (χ2v) is 6.19. The maximum Gasteiger partial charge on any atom is 0.241 e. The van der Waals surface area contributed by atoms with Gasteiger partial charge in [0.1, 0.15) is 5.75 Å². The van der Waals surface area contributed by atoms with Crippen LogP contribution in [0.3, 0.4) is 0 Å². The predicted molar refractivity (Wildman–Crippen MR) is 82.3 cm³/mol. The molecular formula is C14H22N2O5S. The van der Waals surface area contributed by atoms with Crippen LogP contribution < -0.4 is 14.8 Å². The first-order valence-electron chi connectivity index (χ1n) is 6.97. The molecule has 7 nitrogen and oxygen atoms in total. The van der Waals surface area contributed by atoms with Crippen molar-refractivity contribution < 1.29 is 22.7 Å². The molecule has 0 heterocycles. The molecule has 1 aromatic rings. The third-order valence-corrected chi connectivity index (χ3v) is 4.13. The lowest BCUT2D eigenvalue weighted by Crippen LogP contribution is -2.37. The summed E-state index contributed by atoms with van der Waals surface area (Å²) in [6.45, 7) is 3.03. The summed E-state index contributed by atoms with van der Waals surface area (Å²) in [6, 6.07) is 6.01. The maximum atomic E-state index is 12.0. The van der Waals surface area contributed by atoms with Crippen molar-refractivity contribution in [1.82, 2.24) is 10.0 Å². The molecule has 0 unspecified atom stereocenters. The van der Waals surface area contributed by atoms with Crippen LogP contribution in [0.5, 0.6) is 5.75 Å². The highest BCUT2D eigenvalue weighted by Crippen LogP contribution is 2.15. The molecule has 124 valence electrons. The summed E-state index contributed by atoms with van der Waals surface area (Å²) in [5, 5.41) is 2.60. The zero-order valence-corrected chi connectivity index (χ0v) is 13.6. The molecule has 0 atom stereocenters. The van der Waals surface area contributed by atoms with Gasteiger partial charge >= 0.3 is 0 Å². The summed E-state index contributed by atoms with van der Waals surface area (Å²) < 4.78 is 36.4. The second-order valence-electron chi connectivity index (χ2n) is 4.43. The predicted octanol–water partition coefficient (Wildman–Crippen LogP) is 0.516. The van der Waals surface area contributed by atoms with E-state index in [0.717, 1.165) is 0 Å². The fraction of sp³-hybridized carbons (Fsp3) is 0.500. The van der Waals surface area contributed by atoms with Crippen LogP contribution in [-0.2, 0) is 19.6 Å². The average Bonchev–Trinajstić information content (AvgIpc) is 2.51. The number of ether oxygens (including phenoxy) is 2. The zero-order valence-electron chi connectivity index (χ0n) is 12.8. The average molecular weight is 330 g/mol. The van der Waals surface area contributed by atoms with Crippen LogP contribution in [-0.4, -0.2) is 47.7 Å². The number of sulfonamides is 1. The van der Waals surface area contributed by atoms with Gasteiger partial charge in [-0.2, -0.15) is 0 Å². The van der Waals surface area contributed by atoms with E-state index in [0.29, 0.717) is 31.9 Å². The van der Waals surface area contributed by atoms with Crippen molar-refractivity contribution in [3.63, 3.8) is 0 Å². The number of rotatable bonds is 10. The number of methoxy groups -OCH3 is 1. The fourth-order valence-corrected chi connectivity index (χ4v) is 2.61. The standard InChI is InChI=1S/C14H22N2O5S/c1-3-21-12-5-7-13(8-6-12)22(18,19)16-11-14(17)15-9-4-10-20-2/h5-8,16H,3-4,9-11H2,1-2H3,(H,15,17). The molecule has 0 aliphatic rings. The Morgan fingerprint density at radius 2 is 1.91 bits per heavy atom. The number of carbonyl (C=O) groups excluding carboxylic acids is 1. The molecule has 0 aromatic heterocycles. The van der Waals surface area contributed by atoms with Crippen LogP contribution in [0.25, 0.3) is 0 Å². The van der Waals surface area contributed by atoms with E-state index in [9.17, 15) is 13.2 Å². The molecular weight excluding hydrogens is 308 g/mol. The van der Waals surface area contributed by atoms with Gasteiger partial charge in [0.05, 0.1) is 18.0 Å². The Morgan fingerprint density at radius 3 is 2.50 bits per heavy atom. The van der Waals surface area contributed by atoms with Crippen molar-refractivity contribution >= 4 is 15.9 Å². The van der Waals surface area contributed by atoms with E-state index in [-0.39, 0.29) is 17.3 Å². The van der Waals surface area contributed by atoms with Crippen molar-refractivity contribution in [3.05, 3.63) is 24.3 Å². The van der Waals surface area contributed by atoms with Gasteiger partial charge in [0.15, 0.2) is 0 Å². The molecule has 0 spiro atoms. The quantitative estimate of drug-likeness (QED) is 0.610. The molecule has 1 amide bonds. The largest absolute Gasteiger partial charge is 0.494 e. The Labute approximate surface area is 131 Å². The van der Waals surface area contributed by atoms with Crippen molar-refractivity contribution in [2.45, 2.75) is 18.2 Å². The monoisotopic (exact) mass is 330 g/mol. The van der Waals surface area contributed by atoms with Crippen LogP contribution in [0.2, 0.25) is 0 Å². The second kappa shape index (κ2) is 9.39. The third-order valence-electron chi connectivity index (χ3n) is 2.72. The van der Waals surface area contributed by atoms with Gasteiger partial charge < -0.3 is 14.8 Å². The highest BCUT2D eigenvalue weighted by Gasteiger charge is 2.15. The first-order chi connectivity index (χ1) is 10.5. The summed E-state index contributed by atoms with van der Waals surface area (Å²) in [5.74, 6) is 0.211. The van der Waals surface area contributed by atoms with Gasteiger partial charge in [-0.05, 0) is 37.6 Å². The number of amides is 1. The number of nitrogens with one attached hydrogen (secondary N) is 2. The molecule has 0 bridgehead atoms. The Bertz CT molecular complexity index is 557. The minimum Gasteiger partial charge on any atom is -0.494 e. The molecule has 0 fully saturated rings. The SMILES string of the molecule is CCOc1ccc(S(=O)(=O)NCC(=O)NCCCOC)cc1. The molecule has 2 N–H and O–H groups in total. The maximum absolute atomic E-state index is 12.0. The van der Waals surface area contributed by atoms with Crippen molar-refractivity contribution in [3.8, 4) is 5.75 Å². The van der Waals surface area contributed by atoms with Gasteiger partial charge in [0.25, 0.3) is 0 Å². The zero-order chi connectivity index (χ0) is 16.4. The van der Waals surface area contributed by atoms with Gasteiger partial charge in [-0.3, -0.25) is 4.79 Å². The lowest BCUT2D eigenvalue weighted by molar-refractivity contribution is -0.120. The molecule has 8 heteroatoms. The Hall–Kier alpha value is -1.64. The Kier molecular flexibility index (Phi) is 7.86. The van der Waals surface area contributed by atoms with E-state index < -0.39 is 10.0 Å². The van der Waals surface area contributed by atoms with Crippen LogP contribution in [0.15, 0.2) is 29.2 Å². The number of carbonyl (C=O) groups is 1. The van der Waals surface area contributed by atoms with Gasteiger partial charge in [-0.15, -0.1) is 0 Å². The summed E-state index contributed by atoms with van der Waals surface area (Å²) in [5.41, 5.74) is 0. The lowest BCUT2D eigenvalue weighted by Gasteiger charge is -2.08. The molecule has 0 saturated carbocycles. The first-order valence-corrected chi connectivity index (χ1v) is 8.46. The number of hydrogen-bond acceptors (Lipinski definition) is 5. The van der Waals surface area contributed by atoms with E-state index in [4.69, 9.17) is 9.47 Å². The number of benzene rings is 1. The Morgan fingerprint density at radius 1 is 1.23 bits per heavy atom. The van der Waals surface area contributed by atoms with E-state index >= 15 is 0 Å². The van der Waals surface area contributed by atoms with Crippen molar-refractivity contribution in [2.75, 3.05) is 33.4 Å². The minimum absolute atomic E-state index is 0.0862. The van der Waals surface area contributed by atoms with Crippen LogP contribution >= 0.6 is 0 Å². The van der Waals surface area contributed by atoms with Gasteiger partial charge in [-0.1, -0.05) is 0 Å². The summed E-state index contributed by atoms with van der Waals surface area (Å²) in [7, 11) is -2.14. The molecule has 1 aromatic carbocycles. The summed E-state index contributed by atoms with van der Waals surface area (Å²) in [6.07, 6.45) is 0.674. The number of hydrogen-bond donors (Lipinski definition) is 2. The Balaban J connectivity index is 2.47. The highest BCUT2D eigenvalue weighted by atomic mass is 32.2.